The van der Waals surface area contributed by atoms with Crippen molar-refractivity contribution in [3.63, 3.8) is 0 Å². The topological polar surface area (TPSA) is 70.0 Å². The third-order valence-electron chi connectivity index (χ3n) is 4.51. The molecule has 114 valence electrons. The normalized spacial score (nSPS) is 27.9. The summed E-state index contributed by atoms with van der Waals surface area (Å²) in [5, 5.41) is 18.9. The molecule has 1 saturated carbocycles. The minimum Gasteiger partial charge on any atom is -0.506 e. The molecule has 2 aliphatic rings. The Morgan fingerprint density at radius 2 is 2.00 bits per heavy atom. The van der Waals surface area contributed by atoms with Crippen molar-refractivity contribution in [1.29, 1.82) is 0 Å². The van der Waals surface area contributed by atoms with Crippen LogP contribution in [0.3, 0.4) is 0 Å². The van der Waals surface area contributed by atoms with Crippen molar-refractivity contribution in [2.24, 2.45) is 11.8 Å². The molecule has 0 unspecified atom stereocenters. The highest BCUT2D eigenvalue weighted by Crippen LogP contribution is 2.40. The first kappa shape index (κ1) is 14.5. The molecule has 0 bridgehead atoms. The van der Waals surface area contributed by atoms with Gasteiger partial charge in [0.15, 0.2) is 0 Å². The smallest absolute Gasteiger partial charge is 0.407 e. The summed E-state index contributed by atoms with van der Waals surface area (Å²) in [4.78, 5) is 12.4. The van der Waals surface area contributed by atoms with E-state index in [4.69, 9.17) is 21.4 Å². The van der Waals surface area contributed by atoms with Gasteiger partial charge in [-0.1, -0.05) is 23.7 Å². The molecule has 5 nitrogen and oxygen atoms in total. The number of ether oxygens (including phenoxy) is 1. The van der Waals surface area contributed by atoms with Crippen LogP contribution >= 0.6 is 11.6 Å². The van der Waals surface area contributed by atoms with Crippen molar-refractivity contribution >= 4 is 17.7 Å². The summed E-state index contributed by atoms with van der Waals surface area (Å²) in [5.74, 6) is 0.884. The molecule has 0 aromatic heterocycles. The second-order valence-corrected chi connectivity index (χ2v) is 6.24. The summed E-state index contributed by atoms with van der Waals surface area (Å²) in [6.07, 6.45) is 1.11. The average Bonchev–Trinajstić information content (AvgIpc) is 2.98. The van der Waals surface area contributed by atoms with Crippen LogP contribution in [-0.2, 0) is 11.3 Å². The number of amides is 1. The van der Waals surface area contributed by atoms with Gasteiger partial charge in [-0.3, -0.25) is 0 Å². The number of fused-ring (bicyclic) bond motifs is 1. The van der Waals surface area contributed by atoms with Crippen molar-refractivity contribution in [3.05, 3.63) is 28.8 Å². The van der Waals surface area contributed by atoms with Gasteiger partial charge in [0.25, 0.3) is 0 Å². The van der Waals surface area contributed by atoms with Gasteiger partial charge in [0, 0.05) is 18.7 Å². The van der Waals surface area contributed by atoms with E-state index < -0.39 is 6.09 Å². The Morgan fingerprint density at radius 1 is 1.33 bits per heavy atom. The minimum atomic E-state index is -0.826. The zero-order valence-electron chi connectivity index (χ0n) is 11.5. The molecular weight excluding hydrogens is 294 g/mol. The lowest BCUT2D eigenvalue weighted by Gasteiger charge is -2.17. The first-order valence-corrected chi connectivity index (χ1v) is 7.48. The van der Waals surface area contributed by atoms with Crippen molar-refractivity contribution in [2.75, 3.05) is 13.1 Å². The summed E-state index contributed by atoms with van der Waals surface area (Å²) in [5.41, 5.74) is 0.779. The van der Waals surface area contributed by atoms with Crippen LogP contribution in [0, 0.1) is 11.8 Å². The van der Waals surface area contributed by atoms with Gasteiger partial charge in [-0.2, -0.15) is 0 Å². The Labute approximate surface area is 128 Å². The third-order valence-corrected chi connectivity index (χ3v) is 4.95. The number of hydrogen-bond acceptors (Lipinski definition) is 3. The highest BCUT2D eigenvalue weighted by atomic mass is 35.5. The number of carbonyl (C=O) groups is 1. The van der Waals surface area contributed by atoms with Crippen LogP contribution < -0.4 is 0 Å². The number of rotatable bonds is 3. The van der Waals surface area contributed by atoms with Gasteiger partial charge in [0.05, 0.1) is 17.7 Å². The molecule has 1 aliphatic heterocycles. The predicted molar refractivity (Wildman–Crippen MR) is 77.5 cm³/mol. The number of phenolic OH excluding ortho intramolecular Hbond substituents is 1. The highest BCUT2D eigenvalue weighted by Gasteiger charge is 2.42. The van der Waals surface area contributed by atoms with E-state index in [1.54, 1.807) is 12.1 Å². The van der Waals surface area contributed by atoms with Crippen LogP contribution in [-0.4, -0.2) is 40.4 Å². The van der Waals surface area contributed by atoms with Crippen molar-refractivity contribution < 1.29 is 19.7 Å². The summed E-state index contributed by atoms with van der Waals surface area (Å²) in [7, 11) is 0. The number of aromatic hydroxyl groups is 1. The summed E-state index contributed by atoms with van der Waals surface area (Å²) in [6, 6.07) is 5.13. The first-order valence-electron chi connectivity index (χ1n) is 7.10. The maximum absolute atomic E-state index is 11.0. The zero-order chi connectivity index (χ0) is 15.0. The molecule has 1 heterocycles. The van der Waals surface area contributed by atoms with Gasteiger partial charge in [-0.15, -0.1) is 0 Å². The molecule has 1 aromatic rings. The van der Waals surface area contributed by atoms with E-state index in [-0.39, 0.29) is 11.9 Å². The lowest BCUT2D eigenvalue weighted by molar-refractivity contribution is 0.0375. The number of nitrogens with zero attached hydrogens (tertiary/aromatic N) is 1. The van der Waals surface area contributed by atoms with E-state index in [1.165, 1.54) is 4.90 Å². The summed E-state index contributed by atoms with van der Waals surface area (Å²) in [6.45, 7) is 1.61. The van der Waals surface area contributed by atoms with E-state index in [2.05, 4.69) is 0 Å². The molecular formula is C15H18ClNO4. The van der Waals surface area contributed by atoms with Crippen LogP contribution in [0.5, 0.6) is 5.75 Å². The number of phenols is 1. The van der Waals surface area contributed by atoms with Gasteiger partial charge in [0.2, 0.25) is 0 Å². The van der Waals surface area contributed by atoms with Crippen LogP contribution in [0.2, 0.25) is 5.02 Å². The van der Waals surface area contributed by atoms with Gasteiger partial charge in [0.1, 0.15) is 5.75 Å². The maximum Gasteiger partial charge on any atom is 0.407 e. The molecule has 1 aromatic carbocycles. The fraction of sp³-hybridized carbons (Fsp3) is 0.533. The van der Waals surface area contributed by atoms with Crippen LogP contribution in [0.1, 0.15) is 18.4 Å². The zero-order valence-corrected chi connectivity index (χ0v) is 12.3. The molecule has 1 aliphatic carbocycles. The molecule has 0 radical (unpaired) electrons. The molecule has 21 heavy (non-hydrogen) atoms. The summed E-state index contributed by atoms with van der Waals surface area (Å²) < 4.78 is 5.90. The van der Waals surface area contributed by atoms with Gasteiger partial charge in [-0.05, 0) is 30.7 Å². The van der Waals surface area contributed by atoms with E-state index in [1.807, 2.05) is 6.07 Å². The Hall–Kier alpha value is -1.46. The Balaban J connectivity index is 1.53. The van der Waals surface area contributed by atoms with Crippen LogP contribution in [0.25, 0.3) is 0 Å². The SMILES string of the molecule is O=C(O)N1C[C@H]2C[C@@H](OCc3cccc(O)c3Cl)C[C@H]2C1. The van der Waals surface area contributed by atoms with Gasteiger partial charge < -0.3 is 19.8 Å². The molecule has 3 atom stereocenters. The third kappa shape index (κ3) is 2.94. The average molecular weight is 312 g/mol. The molecule has 1 amide bonds. The number of halogens is 1. The molecule has 2 fully saturated rings. The van der Waals surface area contributed by atoms with Gasteiger partial charge in [-0.25, -0.2) is 4.79 Å². The Morgan fingerprint density at radius 3 is 2.62 bits per heavy atom. The lowest BCUT2D eigenvalue weighted by atomic mass is 10.0. The first-order chi connectivity index (χ1) is 10.0. The molecule has 2 N–H and O–H groups in total. The van der Waals surface area contributed by atoms with Crippen LogP contribution in [0.15, 0.2) is 18.2 Å². The number of carboxylic acid groups (broad SMARTS) is 1. The minimum absolute atomic E-state index is 0.0677. The number of benzene rings is 1. The second-order valence-electron chi connectivity index (χ2n) is 5.86. The second kappa shape index (κ2) is 5.73. The maximum atomic E-state index is 11.0. The van der Waals surface area contributed by atoms with Crippen molar-refractivity contribution in [2.45, 2.75) is 25.6 Å². The molecule has 0 spiro atoms. The van der Waals surface area contributed by atoms with E-state index in [0.29, 0.717) is 36.6 Å². The van der Waals surface area contributed by atoms with E-state index >= 15 is 0 Å². The largest absolute Gasteiger partial charge is 0.506 e. The van der Waals surface area contributed by atoms with Crippen molar-refractivity contribution in [1.82, 2.24) is 4.90 Å². The fourth-order valence-electron chi connectivity index (χ4n) is 3.42. The molecule has 3 rings (SSSR count). The molecule has 1 saturated heterocycles. The molecule has 6 heteroatoms. The monoisotopic (exact) mass is 311 g/mol. The predicted octanol–water partition coefficient (Wildman–Crippen LogP) is 2.95. The highest BCUT2D eigenvalue weighted by molar-refractivity contribution is 6.32. The van der Waals surface area contributed by atoms with Gasteiger partial charge >= 0.3 is 6.09 Å². The van der Waals surface area contributed by atoms with Crippen LogP contribution in [0.4, 0.5) is 4.79 Å². The quantitative estimate of drug-likeness (QED) is 0.900. The van der Waals surface area contributed by atoms with E-state index in [9.17, 15) is 9.90 Å². The Kier molecular flexibility index (Phi) is 3.95. The number of likely N-dealkylation sites (tertiary alicyclic amines) is 1. The fourth-order valence-corrected chi connectivity index (χ4v) is 3.60. The summed E-state index contributed by atoms with van der Waals surface area (Å²) >= 11 is 6.03. The van der Waals surface area contributed by atoms with E-state index in [0.717, 1.165) is 18.4 Å². The standard InChI is InChI=1S/C15H18ClNO4/c16-14-9(2-1-3-13(14)18)8-21-12-4-10-6-17(15(19)20)7-11(10)5-12/h1-3,10-12,18H,4-8H2,(H,19,20)/t10-,11+,12-. The Bertz CT molecular complexity index is 536. The lowest BCUT2D eigenvalue weighted by Crippen LogP contribution is -2.28. The number of hydrogen-bond donors (Lipinski definition) is 2. The van der Waals surface area contributed by atoms with Crippen molar-refractivity contribution in [3.8, 4) is 5.75 Å².